The summed E-state index contributed by atoms with van der Waals surface area (Å²) in [6, 6.07) is 23.7. The summed E-state index contributed by atoms with van der Waals surface area (Å²) in [5, 5.41) is 10.9. The maximum atomic E-state index is 14.4. The van der Waals surface area contributed by atoms with Gasteiger partial charge in [-0.1, -0.05) is 59.7 Å². The number of carbonyl (C=O) groups excluding carboxylic acids is 4. The van der Waals surface area contributed by atoms with E-state index in [-0.39, 0.29) is 35.6 Å². The van der Waals surface area contributed by atoms with E-state index in [4.69, 9.17) is 14.2 Å². The minimum absolute atomic E-state index is 0.193. The van der Waals surface area contributed by atoms with Crippen LogP contribution in [0.5, 0.6) is 11.5 Å². The number of carbonyl (C=O) groups is 4. The Bertz CT molecular complexity index is 2270. The fraction of sp³-hybridized carbons (Fsp3) is 0.417. The molecule has 6 atom stereocenters. The molecule has 2 aliphatic heterocycles. The van der Waals surface area contributed by atoms with Crippen LogP contribution in [0.4, 0.5) is 26.3 Å². The Hall–Kier alpha value is -6.14. The summed E-state index contributed by atoms with van der Waals surface area (Å²) < 4.78 is 97.0. The second-order valence-electron chi connectivity index (χ2n) is 16.7. The fourth-order valence-electron chi connectivity index (χ4n) is 7.93. The molecule has 6 rings (SSSR count). The summed E-state index contributed by atoms with van der Waals surface area (Å²) in [6.45, 7) is 8.58. The van der Waals surface area contributed by atoms with Gasteiger partial charge in [0.25, 0.3) is 5.91 Å². The predicted octanol–water partition coefficient (Wildman–Crippen LogP) is 8.11. The van der Waals surface area contributed by atoms with E-state index in [1.165, 1.54) is 38.1 Å². The van der Waals surface area contributed by atoms with Gasteiger partial charge in [0.1, 0.15) is 29.8 Å². The SMILES string of the molecule is Cc1ccc([C@@H](Oc2ccc(C(=O)O[C@H]3CCCN(N(C(=O)c4ccc(O[C@H](c5ccc(C)cc5)[C@H](C)NC(=O)C(F)(F)F)cc4)[C@H]4CCCNC4)C3)cc2)[C@H](C)NC(=O)C(F)(F)F)cc1. The van der Waals surface area contributed by atoms with Crippen LogP contribution in [0.2, 0.25) is 0 Å². The second-order valence-corrected chi connectivity index (χ2v) is 16.7. The van der Waals surface area contributed by atoms with Crippen molar-refractivity contribution < 1.29 is 59.7 Å². The van der Waals surface area contributed by atoms with Crippen LogP contribution in [0.25, 0.3) is 0 Å². The quantitative estimate of drug-likeness (QED) is 0.0798. The largest absolute Gasteiger partial charge is 0.484 e. The van der Waals surface area contributed by atoms with Crippen LogP contribution in [0.15, 0.2) is 97.1 Å². The van der Waals surface area contributed by atoms with Gasteiger partial charge in [-0.15, -0.1) is 0 Å². The molecule has 3 amide bonds. The number of nitrogens with one attached hydrogen (secondary N) is 3. The molecule has 3 N–H and O–H groups in total. The molecule has 0 aromatic heterocycles. The molecule has 0 spiro atoms. The van der Waals surface area contributed by atoms with Crippen molar-refractivity contribution in [2.24, 2.45) is 0 Å². The molecule has 12 nitrogen and oxygen atoms in total. The Kier molecular flexibility index (Phi) is 16.0. The number of benzene rings is 4. The summed E-state index contributed by atoms with van der Waals surface area (Å²) in [5.74, 6) is -4.63. The average Bonchev–Trinajstić information content (AvgIpc) is 3.28. The Balaban J connectivity index is 1.13. The normalized spacial score (nSPS) is 18.8. The molecule has 0 aliphatic carbocycles. The van der Waals surface area contributed by atoms with Gasteiger partial charge in [-0.3, -0.25) is 19.4 Å². The zero-order chi connectivity index (χ0) is 47.8. The maximum absolute atomic E-state index is 14.4. The van der Waals surface area contributed by atoms with Crippen molar-refractivity contribution in [1.29, 1.82) is 0 Å². The number of rotatable bonds is 15. The molecule has 0 radical (unpaired) electrons. The van der Waals surface area contributed by atoms with Crippen molar-refractivity contribution in [3.05, 3.63) is 130 Å². The van der Waals surface area contributed by atoms with Gasteiger partial charge < -0.3 is 30.2 Å². The zero-order valence-corrected chi connectivity index (χ0v) is 36.9. The van der Waals surface area contributed by atoms with Gasteiger partial charge in [0.2, 0.25) is 0 Å². The van der Waals surface area contributed by atoms with E-state index < -0.39 is 60.5 Å². The first-order chi connectivity index (χ1) is 31.3. The fourth-order valence-corrected chi connectivity index (χ4v) is 7.93. The van der Waals surface area contributed by atoms with Crippen molar-refractivity contribution in [2.75, 3.05) is 26.2 Å². The van der Waals surface area contributed by atoms with Crippen LogP contribution in [-0.2, 0) is 14.3 Å². The minimum atomic E-state index is -5.08. The molecule has 0 bridgehead atoms. The molecule has 0 saturated carbocycles. The molecule has 66 heavy (non-hydrogen) atoms. The first-order valence-corrected chi connectivity index (χ1v) is 21.7. The Morgan fingerprint density at radius 1 is 0.667 bits per heavy atom. The third kappa shape index (κ3) is 13.0. The first kappa shape index (κ1) is 49.3. The summed E-state index contributed by atoms with van der Waals surface area (Å²) in [7, 11) is 0. The molecule has 2 fully saturated rings. The molecule has 18 heteroatoms. The lowest BCUT2D eigenvalue weighted by molar-refractivity contribution is -0.174. The number of hydrogen-bond acceptors (Lipinski definition) is 9. The first-order valence-electron chi connectivity index (χ1n) is 21.7. The average molecular weight is 926 g/mol. The summed E-state index contributed by atoms with van der Waals surface area (Å²) in [6.07, 6.45) is -10.1. The number of hydrogen-bond donors (Lipinski definition) is 3. The van der Waals surface area contributed by atoms with Gasteiger partial charge in [0.15, 0.2) is 0 Å². The number of piperidine rings is 2. The summed E-state index contributed by atoms with van der Waals surface area (Å²) in [4.78, 5) is 51.5. The Morgan fingerprint density at radius 3 is 1.58 bits per heavy atom. The van der Waals surface area contributed by atoms with Crippen molar-refractivity contribution in [2.45, 2.75) is 102 Å². The second kappa shape index (κ2) is 21.4. The van der Waals surface area contributed by atoms with Crippen molar-refractivity contribution >= 4 is 23.7 Å². The van der Waals surface area contributed by atoms with Gasteiger partial charge in [-0.05, 0) is 120 Å². The molecular formula is C48H53F6N5O7. The molecule has 4 aromatic rings. The highest BCUT2D eigenvalue weighted by molar-refractivity contribution is 5.94. The molecular weight excluding hydrogens is 873 g/mol. The van der Waals surface area contributed by atoms with Gasteiger partial charge in [-0.25, -0.2) is 9.80 Å². The third-order valence-corrected chi connectivity index (χ3v) is 11.4. The topological polar surface area (TPSA) is 139 Å². The number of alkyl halides is 6. The molecule has 354 valence electrons. The lowest BCUT2D eigenvalue weighted by atomic mass is 10.0. The minimum Gasteiger partial charge on any atom is -0.484 e. The van der Waals surface area contributed by atoms with Gasteiger partial charge in [-0.2, -0.15) is 26.3 Å². The van der Waals surface area contributed by atoms with E-state index in [1.54, 1.807) is 77.8 Å². The molecule has 4 aromatic carbocycles. The van der Waals surface area contributed by atoms with Gasteiger partial charge in [0.05, 0.1) is 30.2 Å². The van der Waals surface area contributed by atoms with Crippen LogP contribution in [0.1, 0.15) is 94.7 Å². The van der Waals surface area contributed by atoms with Crippen LogP contribution in [0.3, 0.4) is 0 Å². The molecule has 2 saturated heterocycles. The van der Waals surface area contributed by atoms with Crippen LogP contribution < -0.4 is 25.4 Å². The summed E-state index contributed by atoms with van der Waals surface area (Å²) >= 11 is 0. The number of esters is 1. The zero-order valence-electron chi connectivity index (χ0n) is 36.9. The number of aryl methyl sites for hydroxylation is 2. The van der Waals surface area contributed by atoms with E-state index in [0.29, 0.717) is 49.0 Å². The van der Waals surface area contributed by atoms with Crippen LogP contribution in [-0.4, -0.2) is 96.5 Å². The monoisotopic (exact) mass is 925 g/mol. The van der Waals surface area contributed by atoms with Crippen molar-refractivity contribution in [1.82, 2.24) is 26.0 Å². The van der Waals surface area contributed by atoms with Gasteiger partial charge in [0, 0.05) is 18.7 Å². The smallest absolute Gasteiger partial charge is 0.471 e. The summed E-state index contributed by atoms with van der Waals surface area (Å²) in [5.41, 5.74) is 3.41. The molecule has 2 heterocycles. The standard InChI is InChI=1S/C48H53F6N5O7/c1-29-9-13-33(14-10-29)41(31(3)56-45(62)47(49,50)51)64-38-21-17-35(18-22-38)43(60)59(37-7-5-25-55-27-37)58-26-6-8-40(28-58)66-44(61)36-19-23-39(24-20-36)65-42(34-15-11-30(2)12-16-34)32(4)57-46(63)48(52,53)54/h9-24,31-32,37,40-42,55H,5-8,25-28H2,1-4H3,(H,56,62)(H,57,63)/t31-,32-,37-,40-,41-,42-/m0/s1. The maximum Gasteiger partial charge on any atom is 0.471 e. The third-order valence-electron chi connectivity index (χ3n) is 11.4. The van der Waals surface area contributed by atoms with E-state index in [1.807, 2.05) is 29.5 Å². The molecule has 2 aliphatic rings. The lowest BCUT2D eigenvalue weighted by Crippen LogP contribution is -2.59. The Labute approximate surface area is 378 Å². The van der Waals surface area contributed by atoms with Crippen LogP contribution >= 0.6 is 0 Å². The molecule has 0 unspecified atom stereocenters. The number of amides is 3. The highest BCUT2D eigenvalue weighted by Crippen LogP contribution is 2.31. The number of halogens is 6. The van der Waals surface area contributed by atoms with Crippen molar-refractivity contribution in [3.8, 4) is 11.5 Å². The van der Waals surface area contributed by atoms with Crippen LogP contribution in [0, 0.1) is 13.8 Å². The van der Waals surface area contributed by atoms with E-state index in [2.05, 4.69) is 5.32 Å². The number of hydrazine groups is 1. The lowest BCUT2D eigenvalue weighted by Gasteiger charge is -2.45. The van der Waals surface area contributed by atoms with Crippen molar-refractivity contribution in [3.63, 3.8) is 0 Å². The number of nitrogens with zero attached hydrogens (tertiary/aromatic N) is 2. The van der Waals surface area contributed by atoms with Gasteiger partial charge >= 0.3 is 30.1 Å². The van der Waals surface area contributed by atoms with E-state index in [0.717, 1.165) is 24.1 Å². The Morgan fingerprint density at radius 2 is 1.14 bits per heavy atom. The van der Waals surface area contributed by atoms with E-state index in [9.17, 15) is 45.5 Å². The predicted molar refractivity (Wildman–Crippen MR) is 231 cm³/mol. The van der Waals surface area contributed by atoms with E-state index >= 15 is 0 Å². The highest BCUT2D eigenvalue weighted by Gasteiger charge is 2.42. The highest BCUT2D eigenvalue weighted by atomic mass is 19.4. The number of ether oxygens (including phenoxy) is 3.